The van der Waals surface area contributed by atoms with Crippen LogP contribution in [0.25, 0.3) is 0 Å². The minimum absolute atomic E-state index is 0.0973. The Hall–Kier alpha value is -1.95. The summed E-state index contributed by atoms with van der Waals surface area (Å²) in [7, 11) is 6.41. The molecule has 1 N–H and O–H groups in total. The molecule has 0 aromatic heterocycles. The highest BCUT2D eigenvalue weighted by molar-refractivity contribution is 5.74. The molecular formula is C21H35N5O. The first-order valence-corrected chi connectivity index (χ1v) is 10.2. The monoisotopic (exact) mass is 373 g/mol. The number of hydrogen-bond donors (Lipinski definition) is 1. The predicted molar refractivity (Wildman–Crippen MR) is 113 cm³/mol. The molecule has 0 saturated carbocycles. The molecule has 2 unspecified atom stereocenters. The molecule has 2 aliphatic heterocycles. The van der Waals surface area contributed by atoms with Crippen molar-refractivity contribution < 1.29 is 4.79 Å². The molecule has 6 nitrogen and oxygen atoms in total. The number of nitrogens with one attached hydrogen (secondary N) is 1. The van der Waals surface area contributed by atoms with Crippen LogP contribution in [0.15, 0.2) is 24.3 Å². The van der Waals surface area contributed by atoms with Gasteiger partial charge in [-0.05, 0) is 58.3 Å². The van der Waals surface area contributed by atoms with Gasteiger partial charge >= 0.3 is 6.03 Å². The second-order valence-corrected chi connectivity index (χ2v) is 8.26. The van der Waals surface area contributed by atoms with E-state index >= 15 is 0 Å². The first-order valence-electron chi connectivity index (χ1n) is 10.2. The number of carbonyl (C=O) groups excluding carboxylic acids is 1. The lowest BCUT2D eigenvalue weighted by Crippen LogP contribution is -2.40. The highest BCUT2D eigenvalue weighted by Gasteiger charge is 2.41. The van der Waals surface area contributed by atoms with Crippen LogP contribution in [0.3, 0.4) is 0 Å². The number of rotatable bonds is 7. The fourth-order valence-corrected chi connectivity index (χ4v) is 4.30. The zero-order chi connectivity index (χ0) is 19.4. The van der Waals surface area contributed by atoms with E-state index in [1.54, 1.807) is 0 Å². The van der Waals surface area contributed by atoms with Gasteiger partial charge in [0.25, 0.3) is 0 Å². The summed E-state index contributed by atoms with van der Waals surface area (Å²) >= 11 is 0. The van der Waals surface area contributed by atoms with Crippen LogP contribution in [0.2, 0.25) is 0 Å². The van der Waals surface area contributed by atoms with Crippen molar-refractivity contribution >= 4 is 17.4 Å². The maximum Gasteiger partial charge on any atom is 0.317 e. The molecule has 2 fully saturated rings. The molecule has 2 heterocycles. The van der Waals surface area contributed by atoms with Crippen molar-refractivity contribution in [1.82, 2.24) is 15.1 Å². The maximum atomic E-state index is 12.0. The molecule has 2 amide bonds. The third-order valence-corrected chi connectivity index (χ3v) is 5.86. The number of hydrogen-bond acceptors (Lipinski definition) is 4. The SMILES string of the molecule is CCNC(=O)N1CC2CN(c3ccc(N(C)CCCN(C)C)cc3)CC2C1. The van der Waals surface area contributed by atoms with Crippen LogP contribution in [-0.2, 0) is 0 Å². The van der Waals surface area contributed by atoms with Crippen molar-refractivity contribution in [3.8, 4) is 0 Å². The summed E-state index contributed by atoms with van der Waals surface area (Å²) in [6.07, 6.45) is 1.17. The third kappa shape index (κ3) is 4.86. The Morgan fingerprint density at radius 1 is 1.04 bits per heavy atom. The zero-order valence-corrected chi connectivity index (χ0v) is 17.3. The van der Waals surface area contributed by atoms with Crippen LogP contribution < -0.4 is 15.1 Å². The van der Waals surface area contributed by atoms with Gasteiger partial charge in [-0.25, -0.2) is 4.79 Å². The first-order chi connectivity index (χ1) is 13.0. The second-order valence-electron chi connectivity index (χ2n) is 8.26. The Morgan fingerprint density at radius 2 is 1.67 bits per heavy atom. The highest BCUT2D eigenvalue weighted by Crippen LogP contribution is 2.34. The fourth-order valence-electron chi connectivity index (χ4n) is 4.30. The van der Waals surface area contributed by atoms with Crippen LogP contribution in [0, 0.1) is 11.8 Å². The van der Waals surface area contributed by atoms with E-state index in [1.165, 1.54) is 17.8 Å². The minimum Gasteiger partial charge on any atom is -0.375 e. The molecule has 3 rings (SSSR count). The third-order valence-electron chi connectivity index (χ3n) is 5.86. The topological polar surface area (TPSA) is 42.1 Å². The van der Waals surface area contributed by atoms with Gasteiger partial charge in [-0.1, -0.05) is 0 Å². The van der Waals surface area contributed by atoms with Crippen LogP contribution in [0.1, 0.15) is 13.3 Å². The number of carbonyl (C=O) groups is 1. The lowest BCUT2D eigenvalue weighted by Gasteiger charge is -2.25. The van der Waals surface area contributed by atoms with E-state index in [2.05, 4.69) is 65.4 Å². The molecular weight excluding hydrogens is 338 g/mol. The lowest BCUT2D eigenvalue weighted by molar-refractivity contribution is 0.206. The minimum atomic E-state index is 0.0973. The summed E-state index contributed by atoms with van der Waals surface area (Å²) in [4.78, 5) is 21.1. The molecule has 0 radical (unpaired) electrons. The van der Waals surface area contributed by atoms with E-state index in [4.69, 9.17) is 0 Å². The van der Waals surface area contributed by atoms with Gasteiger partial charge in [-0.15, -0.1) is 0 Å². The summed E-state index contributed by atoms with van der Waals surface area (Å²) in [5.74, 6) is 1.20. The normalized spacial score (nSPS) is 21.7. The molecule has 2 atom stereocenters. The largest absolute Gasteiger partial charge is 0.375 e. The molecule has 2 saturated heterocycles. The number of anilines is 2. The molecule has 0 aliphatic carbocycles. The number of benzene rings is 1. The Morgan fingerprint density at radius 3 is 2.22 bits per heavy atom. The molecule has 150 valence electrons. The van der Waals surface area contributed by atoms with E-state index in [0.29, 0.717) is 18.4 Å². The quantitative estimate of drug-likeness (QED) is 0.795. The summed E-state index contributed by atoms with van der Waals surface area (Å²) < 4.78 is 0. The van der Waals surface area contributed by atoms with Crippen LogP contribution in [0.4, 0.5) is 16.2 Å². The van der Waals surface area contributed by atoms with Crippen LogP contribution in [-0.4, -0.2) is 82.8 Å². The summed E-state index contributed by atoms with van der Waals surface area (Å²) in [6, 6.07) is 9.07. The number of amides is 2. The first kappa shape index (κ1) is 19.8. The standard InChI is InChI=1S/C21H35N5O/c1-5-22-21(27)26-15-17-13-25(14-18(17)16-26)20-9-7-19(8-10-20)24(4)12-6-11-23(2)3/h7-10,17-18H,5-6,11-16H2,1-4H3,(H,22,27). The van der Waals surface area contributed by atoms with E-state index < -0.39 is 0 Å². The van der Waals surface area contributed by atoms with Crippen LogP contribution >= 0.6 is 0 Å². The van der Waals surface area contributed by atoms with Gasteiger partial charge in [0.05, 0.1) is 0 Å². The number of fused-ring (bicyclic) bond motifs is 1. The lowest BCUT2D eigenvalue weighted by atomic mass is 10.0. The molecule has 0 spiro atoms. The van der Waals surface area contributed by atoms with E-state index in [0.717, 1.165) is 39.3 Å². The summed E-state index contributed by atoms with van der Waals surface area (Å²) in [5, 5.41) is 2.92. The van der Waals surface area contributed by atoms with Crippen molar-refractivity contribution in [3.05, 3.63) is 24.3 Å². The van der Waals surface area contributed by atoms with E-state index in [9.17, 15) is 4.79 Å². The molecule has 0 bridgehead atoms. The molecule has 1 aromatic carbocycles. The number of nitrogens with zero attached hydrogens (tertiary/aromatic N) is 4. The van der Waals surface area contributed by atoms with Gasteiger partial charge in [0, 0.05) is 69.5 Å². The summed E-state index contributed by atoms with van der Waals surface area (Å²) in [5.41, 5.74) is 2.58. The average Bonchev–Trinajstić information content (AvgIpc) is 3.21. The molecule has 27 heavy (non-hydrogen) atoms. The van der Waals surface area contributed by atoms with Gasteiger partial charge in [0.15, 0.2) is 0 Å². The van der Waals surface area contributed by atoms with Crippen molar-refractivity contribution in [1.29, 1.82) is 0 Å². The average molecular weight is 374 g/mol. The van der Waals surface area contributed by atoms with Gasteiger partial charge in [-0.2, -0.15) is 0 Å². The zero-order valence-electron chi connectivity index (χ0n) is 17.3. The van der Waals surface area contributed by atoms with E-state index in [-0.39, 0.29) is 6.03 Å². The van der Waals surface area contributed by atoms with Crippen molar-refractivity contribution in [2.24, 2.45) is 11.8 Å². The van der Waals surface area contributed by atoms with E-state index in [1.807, 2.05) is 11.8 Å². The summed E-state index contributed by atoms with van der Waals surface area (Å²) in [6.45, 7) is 8.75. The van der Waals surface area contributed by atoms with Crippen LogP contribution in [0.5, 0.6) is 0 Å². The van der Waals surface area contributed by atoms with Gasteiger partial charge < -0.3 is 24.9 Å². The number of likely N-dealkylation sites (tertiary alicyclic amines) is 1. The smallest absolute Gasteiger partial charge is 0.317 e. The van der Waals surface area contributed by atoms with Gasteiger partial charge in [-0.3, -0.25) is 0 Å². The van der Waals surface area contributed by atoms with Gasteiger partial charge in [0.2, 0.25) is 0 Å². The van der Waals surface area contributed by atoms with Crippen molar-refractivity contribution in [2.75, 3.05) is 76.8 Å². The Bertz CT molecular complexity index is 604. The fraction of sp³-hybridized carbons (Fsp3) is 0.667. The highest BCUT2D eigenvalue weighted by atomic mass is 16.2. The molecule has 6 heteroatoms. The van der Waals surface area contributed by atoms with Crippen molar-refractivity contribution in [3.63, 3.8) is 0 Å². The Balaban J connectivity index is 1.50. The molecule has 2 aliphatic rings. The molecule has 1 aromatic rings. The second kappa shape index (κ2) is 8.83. The number of urea groups is 1. The van der Waals surface area contributed by atoms with Crippen molar-refractivity contribution in [2.45, 2.75) is 13.3 Å². The van der Waals surface area contributed by atoms with Gasteiger partial charge in [0.1, 0.15) is 0 Å². The Kier molecular flexibility index (Phi) is 6.47. The Labute approximate surface area is 164 Å². The maximum absolute atomic E-state index is 12.0. The predicted octanol–water partition coefficient (Wildman–Crippen LogP) is 2.17.